The van der Waals surface area contributed by atoms with Gasteiger partial charge in [-0.15, -0.1) is 0 Å². The maximum atomic E-state index is 5.05. The number of hydrogen-bond donors (Lipinski definition) is 0. The van der Waals surface area contributed by atoms with E-state index in [1.54, 1.807) is 0 Å². The van der Waals surface area contributed by atoms with Gasteiger partial charge in [0.2, 0.25) is 0 Å². The Morgan fingerprint density at radius 1 is 0.429 bits per heavy atom. The highest BCUT2D eigenvalue weighted by molar-refractivity contribution is 6.11. The molecule has 0 atom stereocenters. The van der Waals surface area contributed by atoms with E-state index >= 15 is 0 Å². The normalized spacial score (nSPS) is 14.9. The number of aromatic nitrogens is 4. The molecule has 2 aliphatic rings. The molecule has 0 saturated heterocycles. The number of para-hydroxylation sites is 2. The number of hydrogen-bond acceptors (Lipinski definition) is 3. The first kappa shape index (κ1) is 28.2. The van der Waals surface area contributed by atoms with Gasteiger partial charge < -0.3 is 4.57 Å². The van der Waals surface area contributed by atoms with Gasteiger partial charge in [0.15, 0.2) is 17.5 Å². The monoisotopic (exact) mass is 630 g/mol. The maximum absolute atomic E-state index is 5.05. The molecule has 234 valence electrons. The molecule has 6 aromatic carbocycles. The summed E-state index contributed by atoms with van der Waals surface area (Å²) in [7, 11) is 0. The van der Waals surface area contributed by atoms with E-state index in [0.29, 0.717) is 17.5 Å². The number of fused-ring (bicyclic) bond motifs is 8. The highest BCUT2D eigenvalue weighted by atomic mass is 15.0. The molecule has 0 amide bonds. The Morgan fingerprint density at radius 2 is 1.00 bits per heavy atom. The number of rotatable bonds is 3. The van der Waals surface area contributed by atoms with E-state index in [-0.39, 0.29) is 10.8 Å². The third-order valence-electron chi connectivity index (χ3n) is 11.0. The van der Waals surface area contributed by atoms with Crippen molar-refractivity contribution >= 4 is 21.8 Å². The van der Waals surface area contributed by atoms with E-state index in [4.69, 9.17) is 15.0 Å². The average molecular weight is 631 g/mol. The highest BCUT2D eigenvalue weighted by Gasteiger charge is 2.41. The Kier molecular flexibility index (Phi) is 5.65. The minimum Gasteiger partial charge on any atom is -0.309 e. The van der Waals surface area contributed by atoms with Crippen molar-refractivity contribution in [1.82, 2.24) is 19.5 Å². The first-order valence-electron chi connectivity index (χ1n) is 17.0. The fourth-order valence-corrected chi connectivity index (χ4v) is 8.45. The Labute approximate surface area is 285 Å². The van der Waals surface area contributed by atoms with Gasteiger partial charge in [0.05, 0.1) is 16.7 Å². The summed E-state index contributed by atoms with van der Waals surface area (Å²) >= 11 is 0. The van der Waals surface area contributed by atoms with Crippen LogP contribution in [0, 0.1) is 0 Å². The standard InChI is InChI=1S/C45H34N4/c1-44(2)34-20-13-19-32-31-18-11-12-21-38(31)49(40(32)34)39-26-36-33(25-37(39)44)30-23-22-29(24-35(30)45(36,3)4)43-47-41(27-14-7-5-8-15-27)46-42(48-43)28-16-9-6-10-17-28/h5-26H,1-4H3. The minimum atomic E-state index is -0.226. The molecule has 0 saturated carbocycles. The molecule has 1 aliphatic heterocycles. The number of nitrogens with zero attached hydrogens (tertiary/aromatic N) is 4. The van der Waals surface area contributed by atoms with Crippen LogP contribution in [0.15, 0.2) is 133 Å². The van der Waals surface area contributed by atoms with Crippen LogP contribution in [0.2, 0.25) is 0 Å². The Balaban J connectivity index is 1.17. The molecular weight excluding hydrogens is 597 g/mol. The van der Waals surface area contributed by atoms with Crippen molar-refractivity contribution in [2.75, 3.05) is 0 Å². The molecule has 0 fully saturated rings. The van der Waals surface area contributed by atoms with Gasteiger partial charge in [0.25, 0.3) is 0 Å². The van der Waals surface area contributed by atoms with Crippen LogP contribution in [0.1, 0.15) is 49.9 Å². The summed E-state index contributed by atoms with van der Waals surface area (Å²) in [5.74, 6) is 2.03. The lowest BCUT2D eigenvalue weighted by atomic mass is 9.73. The molecule has 49 heavy (non-hydrogen) atoms. The second-order valence-corrected chi connectivity index (χ2v) is 14.5. The predicted molar refractivity (Wildman–Crippen MR) is 200 cm³/mol. The van der Waals surface area contributed by atoms with Gasteiger partial charge >= 0.3 is 0 Å². The van der Waals surface area contributed by atoms with Crippen molar-refractivity contribution in [3.05, 3.63) is 156 Å². The summed E-state index contributed by atoms with van der Waals surface area (Å²) in [6.45, 7) is 9.48. The van der Waals surface area contributed by atoms with Crippen molar-refractivity contribution in [2.45, 2.75) is 38.5 Å². The average Bonchev–Trinajstić information content (AvgIpc) is 3.59. The molecule has 0 spiro atoms. The summed E-state index contributed by atoms with van der Waals surface area (Å²) in [6, 6.07) is 47.8. The summed E-state index contributed by atoms with van der Waals surface area (Å²) < 4.78 is 2.52. The van der Waals surface area contributed by atoms with Crippen LogP contribution >= 0.6 is 0 Å². The second kappa shape index (κ2) is 9.83. The summed E-state index contributed by atoms with van der Waals surface area (Å²) in [5, 5.41) is 2.62. The van der Waals surface area contributed by atoms with E-state index in [1.165, 1.54) is 60.9 Å². The van der Waals surface area contributed by atoms with E-state index in [2.05, 4.69) is 129 Å². The van der Waals surface area contributed by atoms with E-state index in [0.717, 1.165) is 16.7 Å². The Hall–Kier alpha value is -5.87. The fourth-order valence-electron chi connectivity index (χ4n) is 8.45. The third kappa shape index (κ3) is 3.89. The smallest absolute Gasteiger partial charge is 0.164 e. The molecule has 0 N–H and O–H groups in total. The van der Waals surface area contributed by atoms with Crippen molar-refractivity contribution < 1.29 is 0 Å². The quantitative estimate of drug-likeness (QED) is 0.195. The first-order valence-corrected chi connectivity index (χ1v) is 17.0. The lowest BCUT2D eigenvalue weighted by molar-refractivity contribution is 0.625. The lowest BCUT2D eigenvalue weighted by Crippen LogP contribution is -2.27. The molecule has 0 unspecified atom stereocenters. The first-order chi connectivity index (χ1) is 23.8. The van der Waals surface area contributed by atoms with Gasteiger partial charge in [0, 0.05) is 38.3 Å². The molecule has 3 heterocycles. The van der Waals surface area contributed by atoms with Crippen LogP contribution in [0.4, 0.5) is 0 Å². The van der Waals surface area contributed by atoms with Gasteiger partial charge in [-0.25, -0.2) is 15.0 Å². The molecule has 2 aromatic heterocycles. The van der Waals surface area contributed by atoms with Crippen LogP contribution < -0.4 is 0 Å². The Bertz CT molecular complexity index is 2590. The molecule has 0 radical (unpaired) electrons. The van der Waals surface area contributed by atoms with Gasteiger partial charge in [-0.2, -0.15) is 0 Å². The molecule has 4 nitrogen and oxygen atoms in total. The van der Waals surface area contributed by atoms with Crippen molar-refractivity contribution in [2.24, 2.45) is 0 Å². The predicted octanol–water partition coefficient (Wildman–Crippen LogP) is 10.9. The number of benzene rings is 6. The largest absolute Gasteiger partial charge is 0.309 e. The van der Waals surface area contributed by atoms with Gasteiger partial charge in [-0.3, -0.25) is 0 Å². The zero-order valence-electron chi connectivity index (χ0n) is 28.0. The zero-order chi connectivity index (χ0) is 33.1. The third-order valence-corrected chi connectivity index (χ3v) is 11.0. The fraction of sp³-hybridized carbons (Fsp3) is 0.133. The van der Waals surface area contributed by atoms with Crippen LogP contribution in [-0.2, 0) is 10.8 Å². The molecule has 4 heteroatoms. The molecule has 1 aliphatic carbocycles. The summed E-state index contributed by atoms with van der Waals surface area (Å²) in [6.07, 6.45) is 0. The highest BCUT2D eigenvalue weighted by Crippen LogP contribution is 2.55. The topological polar surface area (TPSA) is 43.6 Å². The van der Waals surface area contributed by atoms with Crippen molar-refractivity contribution in [1.29, 1.82) is 0 Å². The van der Waals surface area contributed by atoms with E-state index in [1.807, 2.05) is 36.4 Å². The van der Waals surface area contributed by atoms with Crippen molar-refractivity contribution in [3.63, 3.8) is 0 Å². The molecule has 8 aromatic rings. The van der Waals surface area contributed by atoms with Crippen LogP contribution in [0.25, 0.3) is 72.8 Å². The zero-order valence-corrected chi connectivity index (χ0v) is 28.0. The van der Waals surface area contributed by atoms with Gasteiger partial charge in [0.1, 0.15) is 0 Å². The molecule has 0 bridgehead atoms. The SMILES string of the molecule is CC1(C)c2cc(-c3nc(-c4ccccc4)nc(-c4ccccc4)n3)ccc2-c2cc3c(cc21)-n1c2ccccc2c2cccc(c21)C3(C)C. The second-order valence-electron chi connectivity index (χ2n) is 14.5. The Morgan fingerprint density at radius 3 is 1.69 bits per heavy atom. The van der Waals surface area contributed by atoms with Crippen molar-refractivity contribution in [3.8, 4) is 51.0 Å². The van der Waals surface area contributed by atoms with E-state index in [9.17, 15) is 0 Å². The summed E-state index contributed by atoms with van der Waals surface area (Å²) in [5.41, 5.74) is 14.4. The minimum absolute atomic E-state index is 0.159. The van der Waals surface area contributed by atoms with Crippen LogP contribution in [-0.4, -0.2) is 19.5 Å². The van der Waals surface area contributed by atoms with Crippen LogP contribution in [0.3, 0.4) is 0 Å². The van der Waals surface area contributed by atoms with Gasteiger partial charge in [-0.1, -0.05) is 137 Å². The molecular formula is C45H34N4. The van der Waals surface area contributed by atoms with Crippen LogP contribution in [0.5, 0.6) is 0 Å². The summed E-state index contributed by atoms with van der Waals surface area (Å²) in [4.78, 5) is 15.0. The maximum Gasteiger partial charge on any atom is 0.164 e. The molecule has 10 rings (SSSR count). The van der Waals surface area contributed by atoms with Gasteiger partial charge in [-0.05, 0) is 57.6 Å². The lowest BCUT2D eigenvalue weighted by Gasteiger charge is -2.36. The van der Waals surface area contributed by atoms with E-state index < -0.39 is 0 Å².